The summed E-state index contributed by atoms with van der Waals surface area (Å²) in [5.74, 6) is 0.587. The summed E-state index contributed by atoms with van der Waals surface area (Å²) in [6, 6.07) is 17.9. The first kappa shape index (κ1) is 26.9. The summed E-state index contributed by atoms with van der Waals surface area (Å²) in [6.45, 7) is 9.71. The molecule has 0 spiro atoms. The molecule has 0 radical (unpaired) electrons. The zero-order chi connectivity index (χ0) is 26.0. The van der Waals surface area contributed by atoms with E-state index in [2.05, 4.69) is 45.0 Å². The first-order valence-corrected chi connectivity index (χ1v) is 14.8. The lowest BCUT2D eigenvalue weighted by Gasteiger charge is -2.52. The molecule has 0 amide bonds. The van der Waals surface area contributed by atoms with E-state index in [4.69, 9.17) is 4.74 Å². The molecule has 196 valence electrons. The molecule has 0 N–H and O–H groups in total. The van der Waals surface area contributed by atoms with Gasteiger partial charge in [-0.25, -0.2) is 8.42 Å². The minimum absolute atomic E-state index is 0.0252. The first-order valence-electron chi connectivity index (χ1n) is 13.3. The normalized spacial score (nSPS) is 25.2. The first-order chi connectivity index (χ1) is 17.0. The summed E-state index contributed by atoms with van der Waals surface area (Å²) in [5, 5.41) is 0. The molecule has 1 saturated carbocycles. The van der Waals surface area contributed by atoms with Crippen LogP contribution in [0.15, 0.2) is 59.5 Å². The number of esters is 1. The smallest absolute Gasteiger partial charge is 0.306 e. The molecular weight excluding hydrogens is 470 g/mol. The van der Waals surface area contributed by atoms with Crippen molar-refractivity contribution in [3.63, 3.8) is 0 Å². The Labute approximate surface area is 217 Å². The van der Waals surface area contributed by atoms with Gasteiger partial charge in [-0.2, -0.15) is 4.31 Å². The SMILES string of the molecule is CCOC(=O)CC1CC[C@]2(Cc3ccccc3)CN(S(=O)(=O)c3ccc(C(C)(C)C)cc3)CC[C@H]2C1. The Morgan fingerprint density at radius 1 is 1.06 bits per heavy atom. The van der Waals surface area contributed by atoms with Gasteiger partial charge in [0.1, 0.15) is 0 Å². The van der Waals surface area contributed by atoms with Crippen molar-refractivity contribution in [3.05, 3.63) is 65.7 Å². The molecule has 0 bridgehead atoms. The Bertz CT molecular complexity index is 1140. The van der Waals surface area contributed by atoms with Gasteiger partial charge >= 0.3 is 5.97 Å². The average Bonchev–Trinajstić information content (AvgIpc) is 2.84. The van der Waals surface area contributed by atoms with Gasteiger partial charge in [-0.15, -0.1) is 0 Å². The van der Waals surface area contributed by atoms with Crippen LogP contribution in [-0.4, -0.2) is 38.4 Å². The molecule has 1 unspecified atom stereocenters. The lowest BCUT2D eigenvalue weighted by Crippen LogP contribution is -2.54. The molecule has 2 aromatic rings. The van der Waals surface area contributed by atoms with Gasteiger partial charge in [0.15, 0.2) is 0 Å². The molecule has 2 aromatic carbocycles. The van der Waals surface area contributed by atoms with Crippen LogP contribution in [0.4, 0.5) is 0 Å². The van der Waals surface area contributed by atoms with Crippen LogP contribution in [0.1, 0.15) is 70.9 Å². The van der Waals surface area contributed by atoms with Crippen LogP contribution in [0.2, 0.25) is 0 Å². The van der Waals surface area contributed by atoms with Gasteiger partial charge in [0, 0.05) is 19.5 Å². The minimum atomic E-state index is -3.59. The fourth-order valence-electron chi connectivity index (χ4n) is 6.24. The number of carbonyl (C=O) groups is 1. The molecule has 1 aliphatic heterocycles. The van der Waals surface area contributed by atoms with Gasteiger partial charge in [-0.3, -0.25) is 4.79 Å². The number of carbonyl (C=O) groups excluding carboxylic acids is 1. The number of rotatable bonds is 7. The van der Waals surface area contributed by atoms with E-state index in [0.717, 1.165) is 37.7 Å². The van der Waals surface area contributed by atoms with Crippen LogP contribution in [0.3, 0.4) is 0 Å². The van der Waals surface area contributed by atoms with Crippen molar-refractivity contribution in [1.29, 1.82) is 0 Å². The highest BCUT2D eigenvalue weighted by atomic mass is 32.2. The summed E-state index contributed by atoms with van der Waals surface area (Å²) >= 11 is 0. The van der Waals surface area contributed by atoms with Crippen molar-refractivity contribution in [2.45, 2.75) is 76.5 Å². The number of hydrogen-bond donors (Lipinski definition) is 0. The Morgan fingerprint density at radius 2 is 1.75 bits per heavy atom. The monoisotopic (exact) mass is 511 g/mol. The highest BCUT2D eigenvalue weighted by Gasteiger charge is 2.49. The fraction of sp³-hybridized carbons (Fsp3) is 0.567. The molecular formula is C30H41NO4S. The quantitative estimate of drug-likeness (QED) is 0.429. The molecule has 2 aliphatic rings. The van der Waals surface area contributed by atoms with Crippen LogP contribution < -0.4 is 0 Å². The third kappa shape index (κ3) is 5.86. The molecule has 1 heterocycles. The second-order valence-corrected chi connectivity index (χ2v) is 13.7. The summed E-state index contributed by atoms with van der Waals surface area (Å²) in [5.41, 5.74) is 2.23. The standard InChI is InChI=1S/C30H41NO4S/c1-5-35-28(32)20-24-15-17-30(21-23-9-7-6-8-10-23)22-31(18-16-26(30)19-24)36(33,34)27-13-11-25(12-14-27)29(2,3)4/h6-14,24,26H,5,15-22H2,1-4H3/t24?,26-,30-/m0/s1. The summed E-state index contributed by atoms with van der Waals surface area (Å²) < 4.78 is 34.5. The molecule has 0 aromatic heterocycles. The van der Waals surface area contributed by atoms with Crippen LogP contribution in [0, 0.1) is 17.3 Å². The molecule has 36 heavy (non-hydrogen) atoms. The van der Waals surface area contributed by atoms with Gasteiger partial charge in [-0.1, -0.05) is 63.2 Å². The third-order valence-corrected chi connectivity index (χ3v) is 10.1. The molecule has 5 nitrogen and oxygen atoms in total. The Kier molecular flexibility index (Phi) is 7.96. The number of nitrogens with zero attached hydrogens (tertiary/aromatic N) is 1. The maximum Gasteiger partial charge on any atom is 0.306 e. The van der Waals surface area contributed by atoms with E-state index in [1.165, 1.54) is 5.56 Å². The lowest BCUT2D eigenvalue weighted by atomic mass is 9.58. The van der Waals surface area contributed by atoms with Crippen molar-refractivity contribution < 1.29 is 17.9 Å². The van der Waals surface area contributed by atoms with E-state index in [0.29, 0.717) is 42.8 Å². The zero-order valence-electron chi connectivity index (χ0n) is 22.2. The van der Waals surface area contributed by atoms with E-state index in [-0.39, 0.29) is 16.8 Å². The Morgan fingerprint density at radius 3 is 2.39 bits per heavy atom. The largest absolute Gasteiger partial charge is 0.466 e. The van der Waals surface area contributed by atoms with E-state index < -0.39 is 10.0 Å². The predicted octanol–water partition coefficient (Wildman–Crippen LogP) is 5.98. The summed E-state index contributed by atoms with van der Waals surface area (Å²) in [4.78, 5) is 12.5. The molecule has 3 atom stereocenters. The van der Waals surface area contributed by atoms with E-state index in [9.17, 15) is 13.2 Å². The topological polar surface area (TPSA) is 63.7 Å². The summed E-state index contributed by atoms with van der Waals surface area (Å²) in [6.07, 6.45) is 4.96. The van der Waals surface area contributed by atoms with Gasteiger partial charge in [-0.05, 0) is 85.0 Å². The summed E-state index contributed by atoms with van der Waals surface area (Å²) in [7, 11) is -3.59. The molecule has 6 heteroatoms. The van der Waals surface area contributed by atoms with E-state index in [1.807, 2.05) is 25.1 Å². The predicted molar refractivity (Wildman–Crippen MR) is 143 cm³/mol. The second kappa shape index (κ2) is 10.7. The number of fused-ring (bicyclic) bond motifs is 1. The second-order valence-electron chi connectivity index (χ2n) is 11.8. The van der Waals surface area contributed by atoms with Crippen molar-refractivity contribution >= 4 is 16.0 Å². The van der Waals surface area contributed by atoms with Crippen molar-refractivity contribution in [2.24, 2.45) is 17.3 Å². The van der Waals surface area contributed by atoms with Crippen LogP contribution >= 0.6 is 0 Å². The minimum Gasteiger partial charge on any atom is -0.466 e. The number of hydrogen-bond acceptors (Lipinski definition) is 4. The molecule has 4 rings (SSSR count). The van der Waals surface area contributed by atoms with Gasteiger partial charge < -0.3 is 4.74 Å². The van der Waals surface area contributed by atoms with Crippen LogP contribution in [-0.2, 0) is 31.4 Å². The van der Waals surface area contributed by atoms with Crippen molar-refractivity contribution in [1.82, 2.24) is 4.31 Å². The molecule has 2 fully saturated rings. The van der Waals surface area contributed by atoms with Crippen LogP contribution in [0.25, 0.3) is 0 Å². The highest BCUT2D eigenvalue weighted by molar-refractivity contribution is 7.89. The van der Waals surface area contributed by atoms with Gasteiger partial charge in [0.05, 0.1) is 11.5 Å². The van der Waals surface area contributed by atoms with Crippen molar-refractivity contribution in [3.8, 4) is 0 Å². The zero-order valence-corrected chi connectivity index (χ0v) is 23.0. The number of piperidine rings is 1. The maximum atomic E-state index is 13.8. The average molecular weight is 512 g/mol. The molecule has 1 saturated heterocycles. The van der Waals surface area contributed by atoms with E-state index >= 15 is 0 Å². The highest BCUT2D eigenvalue weighted by Crippen LogP contribution is 2.51. The lowest BCUT2D eigenvalue weighted by molar-refractivity contribution is -0.145. The number of ether oxygens (including phenoxy) is 1. The number of sulfonamides is 1. The van der Waals surface area contributed by atoms with Crippen LogP contribution in [0.5, 0.6) is 0 Å². The van der Waals surface area contributed by atoms with E-state index in [1.54, 1.807) is 16.4 Å². The maximum absolute atomic E-state index is 13.8. The Hall–Kier alpha value is -2.18. The number of benzene rings is 2. The third-order valence-electron chi connectivity index (χ3n) is 8.27. The van der Waals surface area contributed by atoms with Crippen molar-refractivity contribution in [2.75, 3.05) is 19.7 Å². The fourth-order valence-corrected chi connectivity index (χ4v) is 7.79. The van der Waals surface area contributed by atoms with Gasteiger partial charge in [0.2, 0.25) is 10.0 Å². The Balaban J connectivity index is 1.58. The molecule has 1 aliphatic carbocycles. The van der Waals surface area contributed by atoms with Gasteiger partial charge in [0.25, 0.3) is 0 Å².